The third kappa shape index (κ3) is 5.27. The summed E-state index contributed by atoms with van der Waals surface area (Å²) in [7, 11) is 0. The Morgan fingerprint density at radius 2 is 0.889 bits per heavy atom. The Balaban J connectivity index is 1.03. The fourth-order valence-electron chi connectivity index (χ4n) is 10.2. The van der Waals surface area contributed by atoms with E-state index in [0.29, 0.717) is 17.5 Å². The van der Waals surface area contributed by atoms with Gasteiger partial charge in [0.25, 0.3) is 0 Å². The Labute approximate surface area is 362 Å². The summed E-state index contributed by atoms with van der Waals surface area (Å²) in [6.07, 6.45) is 0. The Bertz CT molecular complexity index is 3700. The molecule has 9 aromatic carbocycles. The first kappa shape index (κ1) is 35.4. The molecule has 0 spiro atoms. The van der Waals surface area contributed by atoms with Crippen molar-refractivity contribution < 1.29 is 8.83 Å². The van der Waals surface area contributed by atoms with Crippen LogP contribution in [0.15, 0.2) is 221 Å². The number of rotatable bonds is 6. The van der Waals surface area contributed by atoms with Crippen molar-refractivity contribution in [3.8, 4) is 56.4 Å². The summed E-state index contributed by atoms with van der Waals surface area (Å²) in [4.78, 5) is 15.6. The highest BCUT2D eigenvalue weighted by atomic mass is 16.3. The highest BCUT2D eigenvalue weighted by Crippen LogP contribution is 2.58. The maximum Gasteiger partial charge on any atom is 0.167 e. The highest BCUT2D eigenvalue weighted by molar-refractivity contribution is 6.14. The zero-order valence-corrected chi connectivity index (χ0v) is 33.9. The molecule has 3 aromatic heterocycles. The van der Waals surface area contributed by atoms with Gasteiger partial charge in [0, 0.05) is 32.7 Å². The minimum atomic E-state index is -0.496. The summed E-state index contributed by atoms with van der Waals surface area (Å²) in [6, 6.07) is 74.6. The maximum atomic E-state index is 6.64. The van der Waals surface area contributed by atoms with Crippen LogP contribution in [0.25, 0.3) is 100 Å². The zero-order valence-electron chi connectivity index (χ0n) is 33.9. The number of para-hydroxylation sites is 2. The van der Waals surface area contributed by atoms with Crippen LogP contribution in [0.4, 0.5) is 0 Å². The second-order valence-corrected chi connectivity index (χ2v) is 16.2. The first-order valence-electron chi connectivity index (χ1n) is 21.3. The second-order valence-electron chi connectivity index (χ2n) is 16.2. The van der Waals surface area contributed by atoms with Crippen molar-refractivity contribution in [1.82, 2.24) is 15.0 Å². The first-order valence-corrected chi connectivity index (χ1v) is 21.3. The van der Waals surface area contributed by atoms with E-state index in [1.54, 1.807) is 0 Å². The molecule has 294 valence electrons. The molecule has 0 radical (unpaired) electrons. The van der Waals surface area contributed by atoms with E-state index in [4.69, 9.17) is 23.8 Å². The Hall–Kier alpha value is -8.41. The van der Waals surface area contributed by atoms with E-state index in [9.17, 15) is 0 Å². The van der Waals surface area contributed by atoms with E-state index in [1.807, 2.05) is 72.8 Å². The zero-order chi connectivity index (χ0) is 41.5. The van der Waals surface area contributed by atoms with Crippen molar-refractivity contribution in [3.05, 3.63) is 235 Å². The van der Waals surface area contributed by atoms with Crippen molar-refractivity contribution in [2.75, 3.05) is 0 Å². The number of aromatic nitrogens is 3. The highest BCUT2D eigenvalue weighted by Gasteiger charge is 2.46. The standard InChI is InChI=1S/C58H35N3O2/c1-4-17-36(18-5-1)55-59-56(61-57(60-55)45-28-14-26-42-41-23-11-13-31-49(41)63-54(42)45)44-27-16-32-51-53(44)46-35-37(33-34-50(46)62-51)40-25-15-30-48-52(40)43-24-10-12-29-47(43)58(48,38-19-6-2-7-20-38)39-21-8-3-9-22-39/h1-35H. The van der Waals surface area contributed by atoms with Gasteiger partial charge in [-0.2, -0.15) is 0 Å². The molecule has 1 aliphatic rings. The van der Waals surface area contributed by atoms with Gasteiger partial charge in [0.1, 0.15) is 22.3 Å². The SMILES string of the molecule is c1ccc(-c2nc(-c3cccc4c3oc3ccccc34)nc(-c3cccc4oc5ccc(-c6cccc7c6-c6ccccc6C7(c6ccccc6)c6ccccc6)cc5c34)n2)cc1. The number of hydrogen-bond acceptors (Lipinski definition) is 5. The molecule has 63 heavy (non-hydrogen) atoms. The molecular formula is C58H35N3O2. The Morgan fingerprint density at radius 1 is 0.333 bits per heavy atom. The van der Waals surface area contributed by atoms with Gasteiger partial charge in [-0.15, -0.1) is 0 Å². The van der Waals surface area contributed by atoms with Gasteiger partial charge in [-0.25, -0.2) is 15.0 Å². The monoisotopic (exact) mass is 805 g/mol. The van der Waals surface area contributed by atoms with E-state index >= 15 is 0 Å². The van der Waals surface area contributed by atoms with Crippen LogP contribution < -0.4 is 0 Å². The maximum absolute atomic E-state index is 6.64. The van der Waals surface area contributed by atoms with Crippen molar-refractivity contribution in [3.63, 3.8) is 0 Å². The van der Waals surface area contributed by atoms with Crippen LogP contribution in [0.5, 0.6) is 0 Å². The molecule has 12 aromatic rings. The average molecular weight is 806 g/mol. The topological polar surface area (TPSA) is 65.0 Å². The molecule has 0 bridgehead atoms. The third-order valence-electron chi connectivity index (χ3n) is 12.8. The van der Waals surface area contributed by atoms with Crippen LogP contribution >= 0.6 is 0 Å². The van der Waals surface area contributed by atoms with Crippen LogP contribution in [0.1, 0.15) is 22.3 Å². The van der Waals surface area contributed by atoms with E-state index in [0.717, 1.165) is 71.7 Å². The van der Waals surface area contributed by atoms with Crippen molar-refractivity contribution >= 4 is 43.9 Å². The fourth-order valence-corrected chi connectivity index (χ4v) is 10.2. The number of fused-ring (bicyclic) bond motifs is 9. The van der Waals surface area contributed by atoms with Crippen LogP contribution in [0.3, 0.4) is 0 Å². The number of furan rings is 2. The predicted octanol–water partition coefficient (Wildman–Crippen LogP) is 14.7. The summed E-state index contributed by atoms with van der Waals surface area (Å²) >= 11 is 0. The molecule has 0 saturated heterocycles. The third-order valence-corrected chi connectivity index (χ3v) is 12.8. The molecule has 0 fully saturated rings. The first-order chi connectivity index (χ1) is 31.2. The number of nitrogens with zero attached hydrogens (tertiary/aromatic N) is 3. The average Bonchev–Trinajstić information content (AvgIpc) is 4.03. The molecule has 13 rings (SSSR count). The number of hydrogen-bond donors (Lipinski definition) is 0. The normalized spacial score (nSPS) is 12.9. The Morgan fingerprint density at radius 3 is 1.70 bits per heavy atom. The van der Waals surface area contributed by atoms with Gasteiger partial charge in [-0.3, -0.25) is 0 Å². The van der Waals surface area contributed by atoms with Gasteiger partial charge >= 0.3 is 0 Å². The van der Waals surface area contributed by atoms with Crippen LogP contribution in [0.2, 0.25) is 0 Å². The molecule has 0 saturated carbocycles. The molecule has 0 N–H and O–H groups in total. The molecule has 1 aliphatic carbocycles. The molecule has 5 heteroatoms. The lowest BCUT2D eigenvalue weighted by Crippen LogP contribution is -2.28. The van der Waals surface area contributed by atoms with Crippen LogP contribution in [-0.4, -0.2) is 15.0 Å². The predicted molar refractivity (Wildman–Crippen MR) is 253 cm³/mol. The summed E-state index contributed by atoms with van der Waals surface area (Å²) in [5.74, 6) is 1.66. The fraction of sp³-hybridized carbons (Fsp3) is 0.0172. The van der Waals surface area contributed by atoms with Gasteiger partial charge in [-0.1, -0.05) is 182 Å². The van der Waals surface area contributed by atoms with Crippen LogP contribution in [-0.2, 0) is 5.41 Å². The second kappa shape index (κ2) is 13.8. The quantitative estimate of drug-likeness (QED) is 0.167. The van der Waals surface area contributed by atoms with Crippen LogP contribution in [0, 0.1) is 0 Å². The van der Waals surface area contributed by atoms with Gasteiger partial charge in [0.2, 0.25) is 0 Å². The molecule has 0 amide bonds. The molecule has 0 atom stereocenters. The molecule has 3 heterocycles. The summed E-state index contributed by atoms with van der Waals surface area (Å²) in [5.41, 5.74) is 14.9. The lowest BCUT2D eigenvalue weighted by molar-refractivity contribution is 0.668. The largest absolute Gasteiger partial charge is 0.456 e. The Kier molecular flexibility index (Phi) is 7.75. The van der Waals surface area contributed by atoms with E-state index < -0.39 is 5.41 Å². The lowest BCUT2D eigenvalue weighted by Gasteiger charge is -2.34. The summed E-state index contributed by atoms with van der Waals surface area (Å²) < 4.78 is 13.1. The van der Waals surface area contributed by atoms with Gasteiger partial charge in [0.15, 0.2) is 17.5 Å². The summed E-state index contributed by atoms with van der Waals surface area (Å²) in [5, 5.41) is 4.00. The van der Waals surface area contributed by atoms with Gasteiger partial charge in [0.05, 0.1) is 11.0 Å². The van der Waals surface area contributed by atoms with Gasteiger partial charge < -0.3 is 8.83 Å². The smallest absolute Gasteiger partial charge is 0.167 e. The van der Waals surface area contributed by atoms with Gasteiger partial charge in [-0.05, 0) is 74.8 Å². The molecule has 0 unspecified atom stereocenters. The van der Waals surface area contributed by atoms with E-state index in [-0.39, 0.29) is 0 Å². The number of benzene rings is 9. The minimum absolute atomic E-state index is 0.496. The molecule has 0 aliphatic heterocycles. The lowest BCUT2D eigenvalue weighted by atomic mass is 9.67. The van der Waals surface area contributed by atoms with E-state index in [2.05, 4.69) is 140 Å². The van der Waals surface area contributed by atoms with Crippen molar-refractivity contribution in [2.45, 2.75) is 5.41 Å². The summed E-state index contributed by atoms with van der Waals surface area (Å²) in [6.45, 7) is 0. The molecular weight excluding hydrogens is 771 g/mol. The minimum Gasteiger partial charge on any atom is -0.456 e. The van der Waals surface area contributed by atoms with E-state index in [1.165, 1.54) is 33.4 Å². The molecule has 5 nitrogen and oxygen atoms in total. The van der Waals surface area contributed by atoms with Crippen molar-refractivity contribution in [2.24, 2.45) is 0 Å². The van der Waals surface area contributed by atoms with Crippen molar-refractivity contribution in [1.29, 1.82) is 0 Å².